The van der Waals surface area contributed by atoms with Gasteiger partial charge in [-0.3, -0.25) is 4.79 Å². The summed E-state index contributed by atoms with van der Waals surface area (Å²) in [7, 11) is 1.67. The number of ketones is 1. The van der Waals surface area contributed by atoms with Gasteiger partial charge in [0.2, 0.25) is 0 Å². The Balaban J connectivity index is 1.38. The first-order valence-electron chi connectivity index (χ1n) is 11.8. The standard InChI is InChI=1S/C27H26N4O4/c1-34-18-8-6-17(7-9-18)30-11-13-31(14-12-30)22-16-21(28-10-15-32)23-24-25(22)29-35-27(24)20-5-3-2-4-19(20)26(23)33/h2-9,16,28,32H,10-15H2,1H3. The van der Waals surface area contributed by atoms with E-state index in [1.54, 1.807) is 7.11 Å². The molecule has 2 heterocycles. The minimum Gasteiger partial charge on any atom is -0.497 e. The minimum absolute atomic E-state index is 0.0331. The maximum atomic E-state index is 13.5. The van der Waals surface area contributed by atoms with Crippen LogP contribution in [0.25, 0.3) is 22.2 Å². The van der Waals surface area contributed by atoms with Crippen molar-refractivity contribution in [3.05, 3.63) is 65.7 Å². The van der Waals surface area contributed by atoms with E-state index in [2.05, 4.69) is 32.4 Å². The van der Waals surface area contributed by atoms with E-state index < -0.39 is 0 Å². The summed E-state index contributed by atoms with van der Waals surface area (Å²) in [6, 6.07) is 17.6. The molecule has 1 aliphatic carbocycles. The number of rotatable bonds is 6. The fourth-order valence-electron chi connectivity index (χ4n) is 5.11. The zero-order valence-electron chi connectivity index (χ0n) is 19.5. The van der Waals surface area contributed by atoms with Gasteiger partial charge in [-0.15, -0.1) is 0 Å². The summed E-state index contributed by atoms with van der Waals surface area (Å²) in [5.41, 5.74) is 5.42. The number of carbonyl (C=O) groups excluding carboxylic acids is 1. The van der Waals surface area contributed by atoms with E-state index in [-0.39, 0.29) is 12.4 Å². The maximum Gasteiger partial charge on any atom is 0.196 e. The lowest BCUT2D eigenvalue weighted by molar-refractivity contribution is 0.104. The number of piperazine rings is 1. The molecule has 1 aliphatic heterocycles. The lowest BCUT2D eigenvalue weighted by atomic mass is 9.86. The number of ether oxygens (including phenoxy) is 1. The van der Waals surface area contributed by atoms with Crippen molar-refractivity contribution in [1.29, 1.82) is 0 Å². The van der Waals surface area contributed by atoms with Crippen molar-refractivity contribution in [2.45, 2.75) is 0 Å². The first kappa shape index (κ1) is 21.5. The van der Waals surface area contributed by atoms with E-state index >= 15 is 0 Å². The third-order valence-corrected chi connectivity index (χ3v) is 6.86. The Labute approximate surface area is 202 Å². The molecule has 1 aromatic heterocycles. The summed E-state index contributed by atoms with van der Waals surface area (Å²) < 4.78 is 11.1. The fourth-order valence-corrected chi connectivity index (χ4v) is 5.11. The molecule has 8 nitrogen and oxygen atoms in total. The van der Waals surface area contributed by atoms with Crippen molar-refractivity contribution < 1.29 is 19.2 Å². The largest absolute Gasteiger partial charge is 0.497 e. The molecule has 2 N–H and O–H groups in total. The van der Waals surface area contributed by atoms with E-state index in [9.17, 15) is 9.90 Å². The van der Waals surface area contributed by atoms with Crippen molar-refractivity contribution >= 4 is 33.7 Å². The topological polar surface area (TPSA) is 91.1 Å². The molecule has 0 amide bonds. The SMILES string of the molecule is COc1ccc(N2CCN(c3cc(NCCO)c4c5c(onc35)-c3ccccc3C4=O)CC2)cc1. The maximum absolute atomic E-state index is 13.5. The van der Waals surface area contributed by atoms with Gasteiger partial charge in [0, 0.05) is 55.2 Å². The van der Waals surface area contributed by atoms with Gasteiger partial charge < -0.3 is 29.5 Å². The second kappa shape index (κ2) is 8.63. The van der Waals surface area contributed by atoms with Crippen LogP contribution < -0.4 is 19.9 Å². The van der Waals surface area contributed by atoms with Crippen LogP contribution >= 0.6 is 0 Å². The normalized spacial score (nSPS) is 14.9. The number of benzene rings is 3. The van der Waals surface area contributed by atoms with Crippen molar-refractivity contribution in [2.75, 3.05) is 61.6 Å². The molecule has 35 heavy (non-hydrogen) atoms. The van der Waals surface area contributed by atoms with Gasteiger partial charge in [-0.1, -0.05) is 29.4 Å². The number of aromatic nitrogens is 1. The number of hydrogen-bond acceptors (Lipinski definition) is 8. The van der Waals surface area contributed by atoms with Gasteiger partial charge in [0.05, 0.1) is 30.4 Å². The van der Waals surface area contributed by atoms with Crippen LogP contribution in [0.2, 0.25) is 0 Å². The fraction of sp³-hybridized carbons (Fsp3) is 0.259. The van der Waals surface area contributed by atoms with Crippen LogP contribution in [0.3, 0.4) is 0 Å². The van der Waals surface area contributed by atoms with Gasteiger partial charge in [-0.2, -0.15) is 0 Å². The number of methoxy groups -OCH3 is 1. The number of aliphatic hydroxyl groups excluding tert-OH is 1. The average molecular weight is 471 g/mol. The highest BCUT2D eigenvalue weighted by atomic mass is 16.5. The molecule has 4 aromatic rings. The van der Waals surface area contributed by atoms with Crippen LogP contribution in [0.4, 0.5) is 17.1 Å². The van der Waals surface area contributed by atoms with Crippen molar-refractivity contribution in [1.82, 2.24) is 5.16 Å². The zero-order valence-corrected chi connectivity index (χ0v) is 19.5. The summed E-state index contributed by atoms with van der Waals surface area (Å²) in [6.45, 7) is 3.61. The Morgan fingerprint density at radius 2 is 1.74 bits per heavy atom. The lowest BCUT2D eigenvalue weighted by Gasteiger charge is -2.37. The molecule has 1 fully saturated rings. The third kappa shape index (κ3) is 3.49. The molecule has 0 atom stereocenters. The highest BCUT2D eigenvalue weighted by Gasteiger charge is 2.34. The minimum atomic E-state index is -0.0578. The molecule has 0 radical (unpaired) electrons. The molecular formula is C27H26N4O4. The lowest BCUT2D eigenvalue weighted by Crippen LogP contribution is -2.46. The van der Waals surface area contributed by atoms with Crippen LogP contribution in [-0.2, 0) is 0 Å². The predicted molar refractivity (Wildman–Crippen MR) is 136 cm³/mol. The Morgan fingerprint density at radius 3 is 2.46 bits per heavy atom. The summed E-state index contributed by atoms with van der Waals surface area (Å²) in [6.07, 6.45) is 0. The molecule has 6 rings (SSSR count). The molecular weight excluding hydrogens is 444 g/mol. The summed E-state index contributed by atoms with van der Waals surface area (Å²) in [4.78, 5) is 18.2. The van der Waals surface area contributed by atoms with Crippen LogP contribution in [0.5, 0.6) is 5.75 Å². The molecule has 1 saturated heterocycles. The second-order valence-electron chi connectivity index (χ2n) is 8.75. The summed E-state index contributed by atoms with van der Waals surface area (Å²) in [5, 5.41) is 17.9. The molecule has 0 saturated carbocycles. The van der Waals surface area contributed by atoms with E-state index in [0.29, 0.717) is 34.6 Å². The van der Waals surface area contributed by atoms with Gasteiger partial charge in [0.1, 0.15) is 11.3 Å². The highest BCUT2D eigenvalue weighted by Crippen LogP contribution is 2.45. The third-order valence-electron chi connectivity index (χ3n) is 6.86. The Hall–Kier alpha value is -4.04. The van der Waals surface area contributed by atoms with Crippen molar-refractivity contribution in [2.24, 2.45) is 0 Å². The number of nitrogens with one attached hydrogen (secondary N) is 1. The summed E-state index contributed by atoms with van der Waals surface area (Å²) >= 11 is 0. The molecule has 0 spiro atoms. The van der Waals surface area contributed by atoms with Crippen molar-refractivity contribution in [3.63, 3.8) is 0 Å². The number of fused-ring (bicyclic) bond motifs is 2. The number of nitrogens with zero attached hydrogens (tertiary/aromatic N) is 3. The van der Waals surface area contributed by atoms with Gasteiger partial charge in [-0.05, 0) is 30.3 Å². The first-order chi connectivity index (χ1) is 17.2. The molecule has 2 aliphatic rings. The first-order valence-corrected chi connectivity index (χ1v) is 11.8. The van der Waals surface area contributed by atoms with E-state index in [0.717, 1.165) is 54.3 Å². The molecule has 8 heteroatoms. The van der Waals surface area contributed by atoms with E-state index in [1.807, 2.05) is 42.5 Å². The van der Waals surface area contributed by atoms with Crippen molar-refractivity contribution in [3.8, 4) is 17.1 Å². The van der Waals surface area contributed by atoms with E-state index in [4.69, 9.17) is 9.26 Å². The monoisotopic (exact) mass is 470 g/mol. The Morgan fingerprint density at radius 1 is 1.03 bits per heavy atom. The molecule has 3 aromatic carbocycles. The Kier molecular flexibility index (Phi) is 5.30. The number of hydrogen-bond donors (Lipinski definition) is 2. The highest BCUT2D eigenvalue weighted by molar-refractivity contribution is 6.28. The van der Waals surface area contributed by atoms with Crippen LogP contribution in [0, 0.1) is 0 Å². The van der Waals surface area contributed by atoms with E-state index in [1.165, 1.54) is 0 Å². The van der Waals surface area contributed by atoms with Gasteiger partial charge in [0.15, 0.2) is 11.5 Å². The quantitative estimate of drug-likeness (QED) is 0.388. The average Bonchev–Trinajstić information content (AvgIpc) is 3.36. The smallest absolute Gasteiger partial charge is 0.196 e. The summed E-state index contributed by atoms with van der Waals surface area (Å²) in [5.74, 6) is 1.41. The van der Waals surface area contributed by atoms with Crippen LogP contribution in [-0.4, -0.2) is 62.5 Å². The number of anilines is 3. The molecule has 0 unspecified atom stereocenters. The van der Waals surface area contributed by atoms with Crippen LogP contribution in [0.15, 0.2) is 59.1 Å². The second-order valence-corrected chi connectivity index (χ2v) is 8.75. The number of aliphatic hydroxyl groups is 1. The van der Waals surface area contributed by atoms with Gasteiger partial charge >= 0.3 is 0 Å². The predicted octanol–water partition coefficient (Wildman–Crippen LogP) is 3.78. The van der Waals surface area contributed by atoms with Gasteiger partial charge in [-0.25, -0.2) is 0 Å². The number of carbonyl (C=O) groups is 1. The molecule has 178 valence electrons. The zero-order chi connectivity index (χ0) is 23.9. The van der Waals surface area contributed by atoms with Gasteiger partial charge in [0.25, 0.3) is 0 Å². The molecule has 0 bridgehead atoms. The Bertz CT molecular complexity index is 1400. The van der Waals surface area contributed by atoms with Crippen LogP contribution in [0.1, 0.15) is 15.9 Å².